The molecular formula is C29H30F4N4O6. The van der Waals surface area contributed by atoms with E-state index in [0.717, 1.165) is 4.90 Å². The summed E-state index contributed by atoms with van der Waals surface area (Å²) < 4.78 is 58.5. The van der Waals surface area contributed by atoms with Crippen molar-refractivity contribution in [3.05, 3.63) is 65.0 Å². The number of alkyl halides is 3. The molecule has 0 radical (unpaired) electrons. The number of anilines is 1. The fraction of sp³-hybridized carbons (Fsp3) is 0.414. The molecule has 0 aliphatic carbocycles. The van der Waals surface area contributed by atoms with Crippen molar-refractivity contribution in [2.75, 3.05) is 32.1 Å². The van der Waals surface area contributed by atoms with E-state index in [1.165, 1.54) is 48.2 Å². The standard InChI is InChI=1S/C29H30F4N4O6/c1-16(2)22(34-23(38)20-15-18(29(31,32)33)7-10-21(20)30)24(39)36-13-11-28(12-14-36)26(41)35(3)27(42)37(28)19-8-5-17(6-9-19)25(40)43-4/h5-10,15-16,22H,11-14H2,1-4H3,(H,34,38)/t22-/m1/s1. The molecule has 2 saturated heterocycles. The van der Waals surface area contributed by atoms with Gasteiger partial charge in [-0.05, 0) is 61.2 Å². The molecule has 230 valence electrons. The van der Waals surface area contributed by atoms with Crippen LogP contribution in [0.15, 0.2) is 42.5 Å². The van der Waals surface area contributed by atoms with Crippen LogP contribution in [0.3, 0.4) is 0 Å². The molecule has 2 aliphatic rings. The average Bonchev–Trinajstić information content (AvgIpc) is 3.15. The van der Waals surface area contributed by atoms with Gasteiger partial charge >= 0.3 is 18.2 Å². The zero-order valence-electron chi connectivity index (χ0n) is 23.8. The minimum absolute atomic E-state index is 0.0133. The molecule has 0 unspecified atom stereocenters. The maximum Gasteiger partial charge on any atom is 0.416 e. The van der Waals surface area contributed by atoms with Crippen molar-refractivity contribution in [1.82, 2.24) is 15.1 Å². The van der Waals surface area contributed by atoms with Gasteiger partial charge in [-0.3, -0.25) is 24.2 Å². The van der Waals surface area contributed by atoms with E-state index < -0.39 is 70.3 Å². The Morgan fingerprint density at radius 1 is 1.00 bits per heavy atom. The zero-order chi connectivity index (χ0) is 31.9. The third kappa shape index (κ3) is 5.77. The third-order valence-corrected chi connectivity index (χ3v) is 7.82. The fourth-order valence-corrected chi connectivity index (χ4v) is 5.39. The molecule has 0 saturated carbocycles. The van der Waals surface area contributed by atoms with Crippen LogP contribution in [0.2, 0.25) is 0 Å². The van der Waals surface area contributed by atoms with Crippen LogP contribution in [0, 0.1) is 11.7 Å². The monoisotopic (exact) mass is 606 g/mol. The molecule has 5 amide bonds. The van der Waals surface area contributed by atoms with Crippen LogP contribution in [0.25, 0.3) is 0 Å². The highest BCUT2D eigenvalue weighted by Gasteiger charge is 2.58. The third-order valence-electron chi connectivity index (χ3n) is 7.82. The Labute approximate surface area is 244 Å². The minimum atomic E-state index is -4.80. The van der Waals surface area contributed by atoms with Crippen LogP contribution in [-0.4, -0.2) is 78.3 Å². The number of urea groups is 1. The van der Waals surface area contributed by atoms with Crippen LogP contribution >= 0.6 is 0 Å². The summed E-state index contributed by atoms with van der Waals surface area (Å²) in [4.78, 5) is 68.5. The number of carbonyl (C=O) groups is 5. The van der Waals surface area contributed by atoms with E-state index in [-0.39, 0.29) is 31.5 Å². The minimum Gasteiger partial charge on any atom is -0.465 e. The molecule has 2 heterocycles. The van der Waals surface area contributed by atoms with Gasteiger partial charge in [-0.25, -0.2) is 14.0 Å². The Morgan fingerprint density at radius 3 is 2.14 bits per heavy atom. The lowest BCUT2D eigenvalue weighted by molar-refractivity contribution is -0.139. The molecule has 43 heavy (non-hydrogen) atoms. The van der Waals surface area contributed by atoms with Crippen molar-refractivity contribution in [2.45, 2.75) is 44.4 Å². The molecule has 14 heteroatoms. The Kier molecular flexibility index (Phi) is 8.52. The number of hydrogen-bond donors (Lipinski definition) is 1. The Hall–Kier alpha value is -4.49. The molecule has 1 N–H and O–H groups in total. The van der Waals surface area contributed by atoms with Gasteiger partial charge in [0, 0.05) is 25.8 Å². The van der Waals surface area contributed by atoms with Gasteiger partial charge in [-0.1, -0.05) is 13.8 Å². The molecular weight excluding hydrogens is 576 g/mol. The van der Waals surface area contributed by atoms with E-state index in [9.17, 15) is 41.5 Å². The molecule has 0 bridgehead atoms. The van der Waals surface area contributed by atoms with Crippen molar-refractivity contribution in [1.29, 1.82) is 0 Å². The molecule has 2 fully saturated rings. The number of hydrogen-bond acceptors (Lipinski definition) is 6. The summed E-state index contributed by atoms with van der Waals surface area (Å²) in [5.74, 6) is -4.47. The maximum atomic E-state index is 14.3. The molecule has 10 nitrogen and oxygen atoms in total. The molecule has 2 aliphatic heterocycles. The highest BCUT2D eigenvalue weighted by atomic mass is 19.4. The first-order valence-electron chi connectivity index (χ1n) is 13.4. The molecule has 2 aromatic rings. The van der Waals surface area contributed by atoms with Crippen LogP contribution in [0.1, 0.15) is 53.0 Å². The highest BCUT2D eigenvalue weighted by Crippen LogP contribution is 2.40. The van der Waals surface area contributed by atoms with Gasteiger partial charge in [0.15, 0.2) is 0 Å². The van der Waals surface area contributed by atoms with E-state index >= 15 is 0 Å². The van der Waals surface area contributed by atoms with Crippen molar-refractivity contribution >= 4 is 35.4 Å². The first-order valence-corrected chi connectivity index (χ1v) is 13.4. The summed E-state index contributed by atoms with van der Waals surface area (Å²) in [5, 5.41) is 2.37. The summed E-state index contributed by atoms with van der Waals surface area (Å²) in [5.41, 5.74) is -2.76. The van der Waals surface area contributed by atoms with Crippen molar-refractivity contribution in [2.24, 2.45) is 5.92 Å². The van der Waals surface area contributed by atoms with Crippen LogP contribution in [-0.2, 0) is 20.5 Å². The quantitative estimate of drug-likeness (QED) is 0.304. The number of ether oxygens (including phenoxy) is 1. The molecule has 1 spiro atoms. The zero-order valence-corrected chi connectivity index (χ0v) is 23.8. The normalized spacial score (nSPS) is 17.5. The molecule has 1 atom stereocenters. The number of likely N-dealkylation sites (tertiary alicyclic amines) is 1. The van der Waals surface area contributed by atoms with Gasteiger partial charge in [0.1, 0.15) is 17.4 Å². The lowest BCUT2D eigenvalue weighted by Crippen LogP contribution is -2.60. The van der Waals surface area contributed by atoms with Gasteiger partial charge in [0.2, 0.25) is 5.91 Å². The van der Waals surface area contributed by atoms with Crippen LogP contribution < -0.4 is 10.2 Å². The summed E-state index contributed by atoms with van der Waals surface area (Å²) in [6, 6.07) is 5.64. The van der Waals surface area contributed by atoms with Gasteiger partial charge in [0.05, 0.1) is 23.8 Å². The fourth-order valence-electron chi connectivity index (χ4n) is 5.39. The van der Waals surface area contributed by atoms with Gasteiger partial charge in [-0.15, -0.1) is 0 Å². The molecule has 0 aromatic heterocycles. The van der Waals surface area contributed by atoms with Crippen molar-refractivity contribution in [3.8, 4) is 0 Å². The summed E-state index contributed by atoms with van der Waals surface area (Å²) in [6.45, 7) is 3.26. The number of methoxy groups -OCH3 is 1. The molecule has 4 rings (SSSR count). The van der Waals surface area contributed by atoms with Gasteiger partial charge in [-0.2, -0.15) is 13.2 Å². The predicted molar refractivity (Wildman–Crippen MR) is 144 cm³/mol. The van der Waals surface area contributed by atoms with Crippen LogP contribution in [0.4, 0.5) is 28.0 Å². The topological polar surface area (TPSA) is 116 Å². The van der Waals surface area contributed by atoms with Gasteiger partial charge < -0.3 is 15.0 Å². The van der Waals surface area contributed by atoms with Crippen molar-refractivity contribution in [3.63, 3.8) is 0 Å². The highest BCUT2D eigenvalue weighted by molar-refractivity contribution is 6.17. The van der Waals surface area contributed by atoms with Gasteiger partial charge in [0.25, 0.3) is 11.8 Å². The second-order valence-electron chi connectivity index (χ2n) is 10.8. The largest absolute Gasteiger partial charge is 0.465 e. The number of benzene rings is 2. The number of rotatable bonds is 6. The van der Waals surface area contributed by atoms with E-state index in [1.807, 2.05) is 0 Å². The SMILES string of the molecule is COC(=O)c1ccc(N2C(=O)N(C)C(=O)C23CCN(C(=O)[C@H](NC(=O)c2cc(C(F)(F)F)ccc2F)C(C)C)CC3)cc1. The maximum absolute atomic E-state index is 14.3. The smallest absolute Gasteiger partial charge is 0.416 e. The predicted octanol–water partition coefficient (Wildman–Crippen LogP) is 3.85. The first-order chi connectivity index (χ1) is 20.1. The summed E-state index contributed by atoms with van der Waals surface area (Å²) >= 11 is 0. The van der Waals surface area contributed by atoms with E-state index in [0.29, 0.717) is 23.9 Å². The molecule has 2 aromatic carbocycles. The number of nitrogens with zero attached hydrogens (tertiary/aromatic N) is 3. The van der Waals surface area contributed by atoms with Crippen LogP contribution in [0.5, 0.6) is 0 Å². The number of imide groups is 1. The van der Waals surface area contributed by atoms with E-state index in [2.05, 4.69) is 5.32 Å². The number of likely N-dealkylation sites (N-methyl/N-ethyl adjacent to an activating group) is 1. The first kappa shape index (κ1) is 31.4. The number of piperidine rings is 1. The summed E-state index contributed by atoms with van der Waals surface area (Å²) in [7, 11) is 2.58. The van der Waals surface area contributed by atoms with E-state index in [4.69, 9.17) is 4.74 Å². The second kappa shape index (κ2) is 11.7. The Balaban J connectivity index is 1.53. The van der Waals surface area contributed by atoms with E-state index in [1.54, 1.807) is 13.8 Å². The number of nitrogens with one attached hydrogen (secondary N) is 1. The summed E-state index contributed by atoms with van der Waals surface area (Å²) in [6.07, 6.45) is -4.70. The number of carbonyl (C=O) groups excluding carboxylic acids is 5. The number of esters is 1. The second-order valence-corrected chi connectivity index (χ2v) is 10.8. The lowest BCUT2D eigenvalue weighted by Gasteiger charge is -2.43. The Bertz CT molecular complexity index is 1450. The number of amides is 5. The average molecular weight is 607 g/mol. The van der Waals surface area contributed by atoms with Crippen molar-refractivity contribution < 1.29 is 46.3 Å². The Morgan fingerprint density at radius 2 is 1.60 bits per heavy atom. The lowest BCUT2D eigenvalue weighted by atomic mass is 9.85. The number of halogens is 4.